The fraction of sp³-hybridized carbons (Fsp3) is 0.529. The molecular weight excluding hydrogens is 267 g/mol. The minimum absolute atomic E-state index is 0.144. The Balaban J connectivity index is 2.20. The first-order valence-electron chi connectivity index (χ1n) is 7.60. The number of methoxy groups -OCH3 is 1. The average Bonchev–Trinajstić information content (AvgIpc) is 2.49. The van der Waals surface area contributed by atoms with Crippen molar-refractivity contribution in [3.63, 3.8) is 0 Å². The van der Waals surface area contributed by atoms with Crippen molar-refractivity contribution >= 4 is 5.69 Å². The van der Waals surface area contributed by atoms with Gasteiger partial charge >= 0.3 is 0 Å². The lowest BCUT2D eigenvalue weighted by atomic mass is 10.0. The second-order valence-electron chi connectivity index (χ2n) is 5.47. The van der Waals surface area contributed by atoms with Crippen LogP contribution in [0.5, 0.6) is 0 Å². The van der Waals surface area contributed by atoms with E-state index >= 15 is 0 Å². The van der Waals surface area contributed by atoms with Gasteiger partial charge in [0.15, 0.2) is 0 Å². The second kappa shape index (κ2) is 7.57. The second-order valence-corrected chi connectivity index (χ2v) is 5.47. The van der Waals surface area contributed by atoms with E-state index in [1.807, 2.05) is 6.07 Å². The Bertz CT molecular complexity index is 502. The Morgan fingerprint density at radius 2 is 2.24 bits per heavy atom. The van der Waals surface area contributed by atoms with Crippen molar-refractivity contribution in [3.8, 4) is 0 Å². The van der Waals surface area contributed by atoms with E-state index in [0.717, 1.165) is 37.3 Å². The summed E-state index contributed by atoms with van der Waals surface area (Å²) in [6.07, 6.45) is 3.22. The van der Waals surface area contributed by atoms with Crippen molar-refractivity contribution in [2.24, 2.45) is 0 Å². The fourth-order valence-electron chi connectivity index (χ4n) is 2.82. The maximum Gasteiger partial charge on any atom is 0.123 e. The summed E-state index contributed by atoms with van der Waals surface area (Å²) < 4.78 is 18.8. The summed E-state index contributed by atoms with van der Waals surface area (Å²) >= 11 is 0. The average molecular weight is 292 g/mol. The van der Waals surface area contributed by atoms with Gasteiger partial charge in [-0.2, -0.15) is 0 Å². The van der Waals surface area contributed by atoms with E-state index in [9.17, 15) is 4.39 Å². The van der Waals surface area contributed by atoms with E-state index < -0.39 is 0 Å². The molecule has 0 saturated heterocycles. The number of anilines is 1. The largest absolute Gasteiger partial charge is 0.380 e. The Morgan fingerprint density at radius 3 is 2.86 bits per heavy atom. The Morgan fingerprint density at radius 1 is 1.43 bits per heavy atom. The molecule has 2 rings (SSSR count). The normalized spacial score (nSPS) is 16.8. The summed E-state index contributed by atoms with van der Waals surface area (Å²) in [5.41, 5.74) is 3.50. The van der Waals surface area contributed by atoms with E-state index in [1.165, 1.54) is 5.57 Å². The summed E-state index contributed by atoms with van der Waals surface area (Å²) in [6, 6.07) is 5.24. The minimum atomic E-state index is -0.175. The van der Waals surface area contributed by atoms with Gasteiger partial charge in [-0.1, -0.05) is 13.0 Å². The van der Waals surface area contributed by atoms with Crippen molar-refractivity contribution in [1.29, 1.82) is 0 Å². The SMILES string of the molecule is CCNC(C)c1cc(F)ccc1N1CC=C(COC)CC1. The summed E-state index contributed by atoms with van der Waals surface area (Å²) in [7, 11) is 1.73. The van der Waals surface area contributed by atoms with E-state index in [4.69, 9.17) is 4.74 Å². The highest BCUT2D eigenvalue weighted by Gasteiger charge is 2.18. The van der Waals surface area contributed by atoms with Gasteiger partial charge in [0.1, 0.15) is 5.82 Å². The Hall–Kier alpha value is -1.39. The first-order valence-corrected chi connectivity index (χ1v) is 7.60. The van der Waals surface area contributed by atoms with Crippen LogP contribution in [0, 0.1) is 5.82 Å². The zero-order valence-corrected chi connectivity index (χ0v) is 13.2. The van der Waals surface area contributed by atoms with Crippen LogP contribution in [0.4, 0.5) is 10.1 Å². The highest BCUT2D eigenvalue weighted by molar-refractivity contribution is 5.56. The monoisotopic (exact) mass is 292 g/mol. The van der Waals surface area contributed by atoms with Gasteiger partial charge in [-0.05, 0) is 49.2 Å². The molecule has 1 atom stereocenters. The van der Waals surface area contributed by atoms with E-state index in [1.54, 1.807) is 19.2 Å². The van der Waals surface area contributed by atoms with Crippen LogP contribution in [0.1, 0.15) is 31.9 Å². The number of rotatable bonds is 6. The molecule has 1 aliphatic heterocycles. The van der Waals surface area contributed by atoms with Crippen molar-refractivity contribution in [2.45, 2.75) is 26.3 Å². The molecule has 0 radical (unpaired) electrons. The summed E-state index contributed by atoms with van der Waals surface area (Å²) in [5, 5.41) is 3.37. The smallest absolute Gasteiger partial charge is 0.123 e. The molecule has 3 nitrogen and oxygen atoms in total. The van der Waals surface area contributed by atoms with Crippen molar-refractivity contribution in [2.75, 3.05) is 38.3 Å². The zero-order valence-electron chi connectivity index (χ0n) is 13.2. The van der Waals surface area contributed by atoms with Crippen LogP contribution in [-0.2, 0) is 4.74 Å². The molecule has 0 fully saturated rings. The highest BCUT2D eigenvalue weighted by atomic mass is 19.1. The molecule has 1 unspecified atom stereocenters. The zero-order chi connectivity index (χ0) is 15.2. The lowest BCUT2D eigenvalue weighted by molar-refractivity contribution is 0.222. The number of hydrogen-bond acceptors (Lipinski definition) is 3. The van der Waals surface area contributed by atoms with Crippen LogP contribution < -0.4 is 10.2 Å². The molecule has 21 heavy (non-hydrogen) atoms. The lowest BCUT2D eigenvalue weighted by Gasteiger charge is -2.31. The van der Waals surface area contributed by atoms with Crippen LogP contribution >= 0.6 is 0 Å². The van der Waals surface area contributed by atoms with Gasteiger partial charge in [-0.25, -0.2) is 4.39 Å². The molecule has 116 valence electrons. The van der Waals surface area contributed by atoms with Gasteiger partial charge in [0.2, 0.25) is 0 Å². The Kier molecular flexibility index (Phi) is 5.76. The quantitative estimate of drug-likeness (QED) is 0.814. The summed E-state index contributed by atoms with van der Waals surface area (Å²) in [6.45, 7) is 7.53. The standard InChI is InChI=1S/C17H25FN2O/c1-4-19-13(2)16-11-15(18)5-6-17(16)20-9-7-14(8-10-20)12-21-3/h5-7,11,13,19H,4,8-10,12H2,1-3H3. The number of ether oxygens (including phenoxy) is 1. The molecule has 0 aliphatic carbocycles. The molecule has 0 bridgehead atoms. The maximum absolute atomic E-state index is 13.6. The van der Waals surface area contributed by atoms with Crippen LogP contribution in [0.2, 0.25) is 0 Å². The minimum Gasteiger partial charge on any atom is -0.380 e. The topological polar surface area (TPSA) is 24.5 Å². The molecule has 0 saturated carbocycles. The van der Waals surface area contributed by atoms with Crippen molar-refractivity contribution in [1.82, 2.24) is 5.32 Å². The van der Waals surface area contributed by atoms with Crippen LogP contribution in [0.15, 0.2) is 29.8 Å². The summed E-state index contributed by atoms with van der Waals surface area (Å²) in [4.78, 5) is 2.31. The molecule has 1 aliphatic rings. The molecule has 4 heteroatoms. The van der Waals surface area contributed by atoms with Crippen LogP contribution in [0.3, 0.4) is 0 Å². The molecule has 0 amide bonds. The number of halogens is 1. The first kappa shape index (κ1) is 16.0. The van der Waals surface area contributed by atoms with Gasteiger partial charge in [0, 0.05) is 31.9 Å². The fourth-order valence-corrected chi connectivity index (χ4v) is 2.82. The number of hydrogen-bond donors (Lipinski definition) is 1. The molecule has 1 N–H and O–H groups in total. The Labute approximate surface area is 126 Å². The highest BCUT2D eigenvalue weighted by Crippen LogP contribution is 2.29. The molecular formula is C17H25FN2O. The molecule has 1 aromatic carbocycles. The predicted molar refractivity (Wildman–Crippen MR) is 85.3 cm³/mol. The third-order valence-electron chi connectivity index (χ3n) is 3.94. The van der Waals surface area contributed by atoms with E-state index in [0.29, 0.717) is 6.61 Å². The van der Waals surface area contributed by atoms with Gasteiger partial charge in [-0.3, -0.25) is 0 Å². The first-order chi connectivity index (χ1) is 10.2. The lowest BCUT2D eigenvalue weighted by Crippen LogP contribution is -2.31. The van der Waals surface area contributed by atoms with Gasteiger partial charge in [0.05, 0.1) is 6.61 Å². The third-order valence-corrected chi connectivity index (χ3v) is 3.94. The van der Waals surface area contributed by atoms with Gasteiger partial charge < -0.3 is 15.0 Å². The van der Waals surface area contributed by atoms with Gasteiger partial charge in [-0.15, -0.1) is 0 Å². The predicted octanol–water partition coefficient (Wildman–Crippen LogP) is 3.28. The molecule has 0 spiro atoms. The van der Waals surface area contributed by atoms with E-state index in [2.05, 4.69) is 30.1 Å². The number of benzene rings is 1. The number of nitrogens with one attached hydrogen (secondary N) is 1. The van der Waals surface area contributed by atoms with Crippen LogP contribution in [0.25, 0.3) is 0 Å². The van der Waals surface area contributed by atoms with Crippen molar-refractivity contribution in [3.05, 3.63) is 41.2 Å². The third kappa shape index (κ3) is 4.05. The molecule has 0 aromatic heterocycles. The molecule has 1 aromatic rings. The van der Waals surface area contributed by atoms with Crippen LogP contribution in [-0.4, -0.2) is 33.4 Å². The van der Waals surface area contributed by atoms with Crippen molar-refractivity contribution < 1.29 is 9.13 Å². The van der Waals surface area contributed by atoms with E-state index in [-0.39, 0.29) is 11.9 Å². The maximum atomic E-state index is 13.6. The van der Waals surface area contributed by atoms with Gasteiger partial charge in [0.25, 0.3) is 0 Å². The molecule has 1 heterocycles. The summed E-state index contributed by atoms with van der Waals surface area (Å²) in [5.74, 6) is -0.175. The number of nitrogens with zero attached hydrogens (tertiary/aromatic N) is 1.